The van der Waals surface area contributed by atoms with E-state index in [-0.39, 0.29) is 28.2 Å². The molecule has 0 radical (unpaired) electrons. The minimum Gasteiger partial charge on any atom is -0.380 e. The lowest BCUT2D eigenvalue weighted by atomic mass is 10.0. The SMILES string of the molecule is N#CSc1ccc(C2CC2c2ccc(N=C=S)cc2S(=O)(=O)O)c(OS(=O)O)c1. The molecule has 1 aliphatic carbocycles. The lowest BCUT2D eigenvalue weighted by molar-refractivity contribution is 0.454. The number of rotatable bonds is 7. The molecule has 2 N–H and O–H groups in total. The number of benzene rings is 2. The number of thiocarbonyl (C=S) groups is 1. The van der Waals surface area contributed by atoms with E-state index in [1.54, 1.807) is 24.3 Å². The van der Waals surface area contributed by atoms with Crippen molar-refractivity contribution in [3.05, 3.63) is 47.5 Å². The second kappa shape index (κ2) is 8.73. The van der Waals surface area contributed by atoms with Crippen LogP contribution in [0.5, 0.6) is 5.75 Å². The molecular formula is C17H12N2O6S4. The zero-order valence-corrected chi connectivity index (χ0v) is 17.6. The summed E-state index contributed by atoms with van der Waals surface area (Å²) in [6.07, 6.45) is 0.539. The van der Waals surface area contributed by atoms with Crippen LogP contribution in [0, 0.1) is 10.7 Å². The molecule has 2 aromatic rings. The summed E-state index contributed by atoms with van der Waals surface area (Å²) >= 11 is 2.83. The first-order chi connectivity index (χ1) is 13.7. The maximum atomic E-state index is 11.9. The number of nitriles is 1. The Balaban J connectivity index is 2.00. The van der Waals surface area contributed by atoms with Crippen LogP contribution in [0.2, 0.25) is 0 Å². The molecule has 0 heterocycles. The predicted molar refractivity (Wildman–Crippen MR) is 110 cm³/mol. The molecule has 0 saturated heterocycles. The van der Waals surface area contributed by atoms with E-state index in [1.165, 1.54) is 12.1 Å². The summed E-state index contributed by atoms with van der Waals surface area (Å²) in [5, 5.41) is 12.9. The molecule has 0 amide bonds. The van der Waals surface area contributed by atoms with Crippen molar-refractivity contribution in [3.63, 3.8) is 0 Å². The second-order valence-corrected chi connectivity index (χ2v) is 9.07. The van der Waals surface area contributed by atoms with Crippen LogP contribution in [0.3, 0.4) is 0 Å². The van der Waals surface area contributed by atoms with Crippen LogP contribution in [0.15, 0.2) is 51.2 Å². The van der Waals surface area contributed by atoms with E-state index in [4.69, 9.17) is 14.0 Å². The van der Waals surface area contributed by atoms with Crippen molar-refractivity contribution in [1.29, 1.82) is 5.26 Å². The fourth-order valence-electron chi connectivity index (χ4n) is 3.14. The molecular weight excluding hydrogens is 456 g/mol. The molecule has 0 aliphatic heterocycles. The van der Waals surface area contributed by atoms with Gasteiger partial charge < -0.3 is 4.18 Å². The van der Waals surface area contributed by atoms with E-state index in [9.17, 15) is 17.2 Å². The highest BCUT2D eigenvalue weighted by atomic mass is 32.2. The molecule has 1 aliphatic rings. The van der Waals surface area contributed by atoms with E-state index in [0.717, 1.165) is 11.8 Å². The lowest BCUT2D eigenvalue weighted by Crippen LogP contribution is -2.03. The first-order valence-corrected chi connectivity index (χ1v) is 11.6. The van der Waals surface area contributed by atoms with Gasteiger partial charge in [-0.2, -0.15) is 22.9 Å². The van der Waals surface area contributed by atoms with Crippen LogP contribution < -0.4 is 4.18 Å². The van der Waals surface area contributed by atoms with E-state index < -0.39 is 21.5 Å². The average Bonchev–Trinajstić information content (AvgIpc) is 3.41. The number of aliphatic imine (C=N–C) groups is 1. The van der Waals surface area contributed by atoms with Gasteiger partial charge in [0.2, 0.25) is 0 Å². The Morgan fingerprint density at radius 2 is 1.93 bits per heavy atom. The summed E-state index contributed by atoms with van der Waals surface area (Å²) < 4.78 is 58.5. The lowest BCUT2D eigenvalue weighted by Gasteiger charge is -2.11. The monoisotopic (exact) mass is 468 g/mol. The molecule has 1 fully saturated rings. The van der Waals surface area contributed by atoms with Crippen molar-refractivity contribution in [2.45, 2.75) is 28.0 Å². The zero-order chi connectivity index (χ0) is 21.2. The van der Waals surface area contributed by atoms with Gasteiger partial charge in [-0.25, -0.2) is 0 Å². The number of thiocyanates is 1. The Morgan fingerprint density at radius 3 is 2.55 bits per heavy atom. The zero-order valence-electron chi connectivity index (χ0n) is 14.4. The Kier molecular flexibility index (Phi) is 6.50. The van der Waals surface area contributed by atoms with Gasteiger partial charge in [0.1, 0.15) is 11.2 Å². The van der Waals surface area contributed by atoms with Crippen molar-refractivity contribution < 1.29 is 25.9 Å². The van der Waals surface area contributed by atoms with Crippen molar-refractivity contribution in [2.24, 2.45) is 4.99 Å². The first-order valence-electron chi connectivity index (χ1n) is 7.93. The summed E-state index contributed by atoms with van der Waals surface area (Å²) in [6, 6.07) is 9.15. The molecule has 3 unspecified atom stereocenters. The molecule has 12 heteroatoms. The highest BCUT2D eigenvalue weighted by Crippen LogP contribution is 2.58. The second-order valence-electron chi connectivity index (χ2n) is 6.04. The summed E-state index contributed by atoms with van der Waals surface area (Å²) in [6.45, 7) is 0. The molecule has 3 rings (SSSR count). The average molecular weight is 469 g/mol. The van der Waals surface area contributed by atoms with E-state index in [1.807, 2.05) is 5.40 Å². The third-order valence-corrected chi connectivity index (χ3v) is 6.25. The number of hydrogen-bond acceptors (Lipinski definition) is 8. The normalized spacial score (nSPS) is 18.9. The van der Waals surface area contributed by atoms with Crippen molar-refractivity contribution in [2.75, 3.05) is 0 Å². The summed E-state index contributed by atoms with van der Waals surface area (Å²) in [5.74, 6) is -0.328. The highest BCUT2D eigenvalue weighted by Gasteiger charge is 2.43. The van der Waals surface area contributed by atoms with Gasteiger partial charge in [-0.1, -0.05) is 12.1 Å². The molecule has 29 heavy (non-hydrogen) atoms. The van der Waals surface area contributed by atoms with Crippen LogP contribution in [-0.2, 0) is 21.5 Å². The molecule has 0 bridgehead atoms. The summed E-state index contributed by atoms with van der Waals surface area (Å²) in [4.78, 5) is 3.99. The molecule has 0 aromatic heterocycles. The maximum absolute atomic E-state index is 11.9. The van der Waals surface area contributed by atoms with Gasteiger partial charge in [0, 0.05) is 4.90 Å². The maximum Gasteiger partial charge on any atom is 0.357 e. The van der Waals surface area contributed by atoms with Gasteiger partial charge in [-0.15, -0.1) is 0 Å². The topological polar surface area (TPSA) is 137 Å². The minimum atomic E-state index is -4.51. The van der Waals surface area contributed by atoms with Crippen molar-refractivity contribution >= 4 is 56.3 Å². The first kappa shape index (κ1) is 21.6. The molecule has 3 atom stereocenters. The standard InChI is InChI=1S/C17H12N2O6S4/c18-8-27-11-2-4-12(16(6-11)25-28(20)21)14-7-15(14)13-3-1-10(19-9-26)5-17(13)29(22,23)24/h1-6,14-15H,7H2,(H,20,21)(H,22,23,24). The Hall–Kier alpha value is -2.10. The van der Waals surface area contributed by atoms with Gasteiger partial charge in [0.05, 0.1) is 15.7 Å². The molecule has 1 saturated carbocycles. The summed E-state index contributed by atoms with van der Waals surface area (Å²) in [5.41, 5.74) is 1.24. The number of thioether (sulfide) groups is 1. The fraction of sp³-hybridized carbons (Fsp3) is 0.176. The molecule has 8 nitrogen and oxygen atoms in total. The van der Waals surface area contributed by atoms with Crippen LogP contribution in [0.25, 0.3) is 0 Å². The summed E-state index contributed by atoms with van der Waals surface area (Å²) in [7, 11) is -4.51. The highest BCUT2D eigenvalue weighted by molar-refractivity contribution is 8.03. The smallest absolute Gasteiger partial charge is 0.357 e. The Bertz CT molecular complexity index is 1180. The number of hydrogen-bond donors (Lipinski definition) is 2. The van der Waals surface area contributed by atoms with Crippen LogP contribution >= 0.6 is 24.0 Å². The predicted octanol–water partition coefficient (Wildman–Crippen LogP) is 4.03. The van der Waals surface area contributed by atoms with Crippen LogP contribution in [0.1, 0.15) is 29.4 Å². The van der Waals surface area contributed by atoms with E-state index in [0.29, 0.717) is 22.4 Å². The van der Waals surface area contributed by atoms with Crippen molar-refractivity contribution in [1.82, 2.24) is 0 Å². The Labute approximate surface area is 178 Å². The van der Waals surface area contributed by atoms with Gasteiger partial charge in [0.15, 0.2) is 0 Å². The Morgan fingerprint density at radius 1 is 1.24 bits per heavy atom. The molecule has 0 spiro atoms. The van der Waals surface area contributed by atoms with Crippen LogP contribution in [-0.4, -0.2) is 26.9 Å². The number of nitrogens with zero attached hydrogens (tertiary/aromatic N) is 2. The number of isothiocyanates is 1. The molecule has 150 valence electrons. The van der Waals surface area contributed by atoms with E-state index in [2.05, 4.69) is 22.4 Å². The van der Waals surface area contributed by atoms with Gasteiger partial charge in [-0.05, 0) is 77.6 Å². The van der Waals surface area contributed by atoms with Gasteiger partial charge in [0.25, 0.3) is 10.1 Å². The van der Waals surface area contributed by atoms with Crippen LogP contribution in [0.4, 0.5) is 5.69 Å². The van der Waals surface area contributed by atoms with Crippen molar-refractivity contribution in [3.8, 4) is 11.2 Å². The third-order valence-electron chi connectivity index (χ3n) is 4.35. The quantitative estimate of drug-likeness (QED) is 0.154. The fourth-order valence-corrected chi connectivity index (χ4v) is 4.74. The van der Waals surface area contributed by atoms with Gasteiger partial charge >= 0.3 is 11.4 Å². The van der Waals surface area contributed by atoms with E-state index >= 15 is 0 Å². The molecule has 2 aromatic carbocycles. The largest absolute Gasteiger partial charge is 0.380 e. The third kappa shape index (κ3) is 5.09. The van der Waals surface area contributed by atoms with Gasteiger partial charge in [-0.3, -0.25) is 9.11 Å². The minimum absolute atomic E-state index is 0.133.